The van der Waals surface area contributed by atoms with E-state index < -0.39 is 0 Å². The van der Waals surface area contributed by atoms with E-state index >= 15 is 0 Å². The van der Waals surface area contributed by atoms with E-state index in [1.54, 1.807) is 11.0 Å². The van der Waals surface area contributed by atoms with Gasteiger partial charge in [-0.25, -0.2) is 0 Å². The van der Waals surface area contributed by atoms with Gasteiger partial charge in [-0.2, -0.15) is 0 Å². The predicted molar refractivity (Wildman–Crippen MR) is 113 cm³/mol. The average Bonchev–Trinajstić information content (AvgIpc) is 3.26. The van der Waals surface area contributed by atoms with Crippen molar-refractivity contribution in [3.63, 3.8) is 0 Å². The number of carbonyl (C=O) groups is 2. The lowest BCUT2D eigenvalue weighted by atomic mass is 9.92. The molecule has 2 amide bonds. The lowest BCUT2D eigenvalue weighted by Crippen LogP contribution is -2.47. The molecule has 2 aliphatic rings. The van der Waals surface area contributed by atoms with Crippen molar-refractivity contribution in [3.05, 3.63) is 54.0 Å². The fourth-order valence-corrected chi connectivity index (χ4v) is 4.44. The van der Waals surface area contributed by atoms with Crippen LogP contribution in [-0.2, 0) is 11.4 Å². The molecule has 0 radical (unpaired) electrons. The maximum atomic E-state index is 13.0. The number of carbonyl (C=O) groups excluding carboxylic acids is 2. The number of furan rings is 1. The Bertz CT molecular complexity index is 855. The third-order valence-corrected chi connectivity index (χ3v) is 6.18. The van der Waals surface area contributed by atoms with E-state index in [-0.39, 0.29) is 24.3 Å². The molecule has 1 aromatic carbocycles. The van der Waals surface area contributed by atoms with Crippen molar-refractivity contribution in [3.8, 4) is 5.75 Å². The number of hydrogen-bond acceptors (Lipinski definition) is 4. The Labute approximate surface area is 177 Å². The second-order valence-corrected chi connectivity index (χ2v) is 8.47. The fourth-order valence-electron chi connectivity index (χ4n) is 4.44. The van der Waals surface area contributed by atoms with Gasteiger partial charge in [-0.05, 0) is 49.8 Å². The first-order valence-corrected chi connectivity index (χ1v) is 10.9. The van der Waals surface area contributed by atoms with E-state index in [0.717, 1.165) is 30.8 Å². The molecule has 3 heterocycles. The van der Waals surface area contributed by atoms with Crippen LogP contribution in [0.4, 0.5) is 0 Å². The van der Waals surface area contributed by atoms with E-state index in [2.05, 4.69) is 6.92 Å². The van der Waals surface area contributed by atoms with Gasteiger partial charge in [-0.3, -0.25) is 9.59 Å². The molecule has 0 N–H and O–H groups in total. The molecule has 0 aliphatic carbocycles. The van der Waals surface area contributed by atoms with Gasteiger partial charge in [0.1, 0.15) is 12.4 Å². The highest BCUT2D eigenvalue weighted by atomic mass is 16.5. The summed E-state index contributed by atoms with van der Waals surface area (Å²) >= 11 is 0. The summed E-state index contributed by atoms with van der Waals surface area (Å²) in [4.78, 5) is 29.7. The van der Waals surface area contributed by atoms with Gasteiger partial charge in [0, 0.05) is 37.7 Å². The molecule has 2 aliphatic heterocycles. The van der Waals surface area contributed by atoms with E-state index in [1.807, 2.05) is 35.2 Å². The predicted octanol–water partition coefficient (Wildman–Crippen LogP) is 3.97. The van der Waals surface area contributed by atoms with Crippen LogP contribution in [0.3, 0.4) is 0 Å². The fraction of sp³-hybridized carbons (Fsp3) is 0.500. The van der Waals surface area contributed by atoms with Gasteiger partial charge in [-0.15, -0.1) is 0 Å². The van der Waals surface area contributed by atoms with Gasteiger partial charge in [0.15, 0.2) is 5.76 Å². The van der Waals surface area contributed by atoms with Crippen LogP contribution in [0.5, 0.6) is 5.75 Å². The maximum Gasteiger partial charge on any atom is 0.289 e. The first-order chi connectivity index (χ1) is 14.6. The van der Waals surface area contributed by atoms with Crippen LogP contribution >= 0.6 is 0 Å². The number of amides is 2. The van der Waals surface area contributed by atoms with Gasteiger partial charge >= 0.3 is 0 Å². The summed E-state index contributed by atoms with van der Waals surface area (Å²) in [6.45, 7) is 5.40. The summed E-state index contributed by atoms with van der Waals surface area (Å²) < 4.78 is 11.3. The summed E-state index contributed by atoms with van der Waals surface area (Å²) in [6, 6.07) is 11.3. The smallest absolute Gasteiger partial charge is 0.289 e. The molecule has 6 nitrogen and oxygen atoms in total. The minimum absolute atomic E-state index is 0.0248. The zero-order valence-electron chi connectivity index (χ0n) is 17.6. The Morgan fingerprint density at radius 2 is 1.80 bits per heavy atom. The van der Waals surface area contributed by atoms with Gasteiger partial charge in [0.2, 0.25) is 5.91 Å². The van der Waals surface area contributed by atoms with E-state index in [0.29, 0.717) is 37.6 Å². The Hall–Kier alpha value is -2.76. The van der Waals surface area contributed by atoms with Crippen molar-refractivity contribution in [1.82, 2.24) is 9.80 Å². The van der Waals surface area contributed by atoms with Crippen molar-refractivity contribution in [1.29, 1.82) is 0 Å². The molecule has 2 aromatic rings. The zero-order chi connectivity index (χ0) is 20.9. The topological polar surface area (TPSA) is 63.0 Å². The van der Waals surface area contributed by atoms with Crippen LogP contribution in [0, 0.1) is 11.8 Å². The van der Waals surface area contributed by atoms with Crippen molar-refractivity contribution in [2.75, 3.05) is 26.2 Å². The third kappa shape index (κ3) is 4.69. The average molecular weight is 411 g/mol. The van der Waals surface area contributed by atoms with E-state index in [1.165, 1.54) is 12.7 Å². The number of hydrogen-bond donors (Lipinski definition) is 0. The zero-order valence-corrected chi connectivity index (χ0v) is 17.6. The standard InChI is InChI=1S/C24H30N2O4/c1-18-6-5-12-26(16-18)23(27)19-9-13-25(14-10-19)24(28)22-20(11-15-29-22)17-30-21-7-3-2-4-8-21/h2-4,7-8,11,15,18-19H,5-6,9-10,12-14,16-17H2,1H3. The highest BCUT2D eigenvalue weighted by Crippen LogP contribution is 2.25. The summed E-state index contributed by atoms with van der Waals surface area (Å²) in [5.74, 6) is 1.84. The summed E-state index contributed by atoms with van der Waals surface area (Å²) in [6.07, 6.45) is 5.26. The van der Waals surface area contributed by atoms with Gasteiger partial charge in [-0.1, -0.05) is 25.1 Å². The molecule has 1 aromatic heterocycles. The van der Waals surface area contributed by atoms with Crippen molar-refractivity contribution in [2.24, 2.45) is 11.8 Å². The first-order valence-electron chi connectivity index (χ1n) is 10.9. The van der Waals surface area contributed by atoms with Crippen LogP contribution in [0.25, 0.3) is 0 Å². The molecule has 0 saturated carbocycles. The lowest BCUT2D eigenvalue weighted by Gasteiger charge is -2.37. The number of piperidine rings is 2. The lowest BCUT2D eigenvalue weighted by molar-refractivity contribution is -0.138. The van der Waals surface area contributed by atoms with Crippen LogP contribution in [-0.4, -0.2) is 47.8 Å². The summed E-state index contributed by atoms with van der Waals surface area (Å²) in [5, 5.41) is 0. The molecule has 160 valence electrons. The Morgan fingerprint density at radius 1 is 1.03 bits per heavy atom. The second kappa shape index (κ2) is 9.37. The molecule has 4 rings (SSSR count). The molecular formula is C24H30N2O4. The molecule has 2 fully saturated rings. The van der Waals surface area contributed by atoms with Gasteiger partial charge in [0.05, 0.1) is 6.26 Å². The Morgan fingerprint density at radius 3 is 2.53 bits per heavy atom. The van der Waals surface area contributed by atoms with Crippen LogP contribution in [0.1, 0.15) is 48.7 Å². The second-order valence-electron chi connectivity index (χ2n) is 8.47. The maximum absolute atomic E-state index is 13.0. The van der Waals surface area contributed by atoms with Gasteiger partial charge in [0.25, 0.3) is 5.91 Å². The number of likely N-dealkylation sites (tertiary alicyclic amines) is 2. The highest BCUT2D eigenvalue weighted by molar-refractivity contribution is 5.93. The SMILES string of the molecule is CC1CCCN(C(=O)C2CCN(C(=O)c3occc3COc3ccccc3)CC2)C1. The molecule has 6 heteroatoms. The van der Waals surface area contributed by atoms with E-state index in [9.17, 15) is 9.59 Å². The third-order valence-electron chi connectivity index (χ3n) is 6.18. The molecule has 1 atom stereocenters. The molecule has 0 bridgehead atoms. The molecule has 2 saturated heterocycles. The van der Waals surface area contributed by atoms with E-state index in [4.69, 9.17) is 9.15 Å². The van der Waals surface area contributed by atoms with Crippen LogP contribution in [0.2, 0.25) is 0 Å². The Balaban J connectivity index is 1.31. The van der Waals surface area contributed by atoms with Crippen LogP contribution < -0.4 is 4.74 Å². The van der Waals surface area contributed by atoms with Crippen LogP contribution in [0.15, 0.2) is 47.1 Å². The normalized spacial score (nSPS) is 20.2. The summed E-state index contributed by atoms with van der Waals surface area (Å²) in [5.41, 5.74) is 0.740. The first kappa shape index (κ1) is 20.5. The highest BCUT2D eigenvalue weighted by Gasteiger charge is 2.33. The molecule has 1 unspecified atom stereocenters. The largest absolute Gasteiger partial charge is 0.489 e. The van der Waals surface area contributed by atoms with Crippen molar-refractivity contribution < 1.29 is 18.7 Å². The minimum Gasteiger partial charge on any atom is -0.489 e. The monoisotopic (exact) mass is 410 g/mol. The van der Waals surface area contributed by atoms with Crippen molar-refractivity contribution >= 4 is 11.8 Å². The number of rotatable bonds is 5. The number of ether oxygens (including phenoxy) is 1. The van der Waals surface area contributed by atoms with Crippen molar-refractivity contribution in [2.45, 2.75) is 39.2 Å². The van der Waals surface area contributed by atoms with Gasteiger partial charge < -0.3 is 19.0 Å². The number of benzene rings is 1. The number of nitrogens with zero attached hydrogens (tertiary/aromatic N) is 2. The molecule has 0 spiro atoms. The molecular weight excluding hydrogens is 380 g/mol. The quantitative estimate of drug-likeness (QED) is 0.748. The summed E-state index contributed by atoms with van der Waals surface area (Å²) in [7, 11) is 0. The Kier molecular flexibility index (Phi) is 6.41. The minimum atomic E-state index is -0.121. The number of para-hydroxylation sites is 1. The molecule has 30 heavy (non-hydrogen) atoms.